The van der Waals surface area contributed by atoms with Crippen molar-refractivity contribution in [3.05, 3.63) is 99.6 Å². The lowest BCUT2D eigenvalue weighted by atomic mass is 10.1. The fourth-order valence-electron chi connectivity index (χ4n) is 2.75. The minimum Gasteiger partial charge on any atom is -0.495 e. The van der Waals surface area contributed by atoms with Gasteiger partial charge >= 0.3 is 0 Å². The molecular formula is C22H19N3O5. The zero-order valence-electron chi connectivity index (χ0n) is 16.1. The van der Waals surface area contributed by atoms with Gasteiger partial charge in [-0.3, -0.25) is 19.7 Å². The molecule has 0 fully saturated rings. The number of non-ortho nitro benzene ring substituents is 1. The molecule has 30 heavy (non-hydrogen) atoms. The van der Waals surface area contributed by atoms with E-state index >= 15 is 0 Å². The van der Waals surface area contributed by atoms with Gasteiger partial charge in [0.25, 0.3) is 17.5 Å². The summed E-state index contributed by atoms with van der Waals surface area (Å²) < 4.78 is 5.15. The number of anilines is 1. The number of nitro groups is 1. The highest BCUT2D eigenvalue weighted by atomic mass is 16.6. The summed E-state index contributed by atoms with van der Waals surface area (Å²) in [6.07, 6.45) is 0. The van der Waals surface area contributed by atoms with Crippen molar-refractivity contribution in [3.8, 4) is 5.75 Å². The molecule has 2 N–H and O–H groups in total. The molecule has 0 radical (unpaired) electrons. The molecular weight excluding hydrogens is 386 g/mol. The highest BCUT2D eigenvalue weighted by Crippen LogP contribution is 2.29. The summed E-state index contributed by atoms with van der Waals surface area (Å²) in [6.45, 7) is 0.314. The smallest absolute Gasteiger partial charge is 0.271 e. The zero-order chi connectivity index (χ0) is 21.5. The summed E-state index contributed by atoms with van der Waals surface area (Å²) in [5, 5.41) is 16.4. The summed E-state index contributed by atoms with van der Waals surface area (Å²) in [6, 6.07) is 19.5. The molecule has 0 aliphatic rings. The van der Waals surface area contributed by atoms with Crippen LogP contribution in [-0.2, 0) is 6.54 Å². The van der Waals surface area contributed by atoms with Crippen LogP contribution in [0.1, 0.15) is 26.3 Å². The summed E-state index contributed by atoms with van der Waals surface area (Å²) in [4.78, 5) is 35.0. The van der Waals surface area contributed by atoms with Gasteiger partial charge in [-0.2, -0.15) is 0 Å². The number of hydrogen-bond donors (Lipinski definition) is 2. The van der Waals surface area contributed by atoms with E-state index in [1.54, 1.807) is 48.5 Å². The van der Waals surface area contributed by atoms with E-state index in [2.05, 4.69) is 10.6 Å². The predicted octanol–water partition coefficient (Wildman–Crippen LogP) is 3.79. The molecule has 0 heterocycles. The second-order valence-electron chi connectivity index (χ2n) is 6.34. The molecule has 0 saturated heterocycles. The molecule has 0 unspecified atom stereocenters. The third-order valence-corrected chi connectivity index (χ3v) is 4.35. The molecule has 3 aromatic rings. The normalized spacial score (nSPS) is 10.2. The zero-order valence-corrected chi connectivity index (χ0v) is 16.1. The van der Waals surface area contributed by atoms with Gasteiger partial charge in [0.05, 0.1) is 17.7 Å². The van der Waals surface area contributed by atoms with Crippen molar-refractivity contribution < 1.29 is 19.2 Å². The predicted molar refractivity (Wildman–Crippen MR) is 112 cm³/mol. The van der Waals surface area contributed by atoms with Crippen molar-refractivity contribution in [1.82, 2.24) is 5.32 Å². The number of carbonyl (C=O) groups excluding carboxylic acids is 2. The molecule has 0 spiro atoms. The van der Waals surface area contributed by atoms with Gasteiger partial charge in [-0.25, -0.2) is 0 Å². The van der Waals surface area contributed by atoms with Crippen LogP contribution in [0.2, 0.25) is 0 Å². The molecule has 3 aromatic carbocycles. The van der Waals surface area contributed by atoms with Crippen LogP contribution in [-0.4, -0.2) is 23.8 Å². The van der Waals surface area contributed by atoms with E-state index < -0.39 is 10.8 Å². The van der Waals surface area contributed by atoms with Gasteiger partial charge in [0.1, 0.15) is 5.75 Å². The van der Waals surface area contributed by atoms with Crippen LogP contribution in [0.5, 0.6) is 5.75 Å². The Morgan fingerprint density at radius 1 is 0.933 bits per heavy atom. The van der Waals surface area contributed by atoms with Gasteiger partial charge in [-0.1, -0.05) is 30.3 Å². The number of amides is 2. The van der Waals surface area contributed by atoms with Gasteiger partial charge in [-0.05, 0) is 35.9 Å². The molecule has 8 heteroatoms. The molecule has 2 amide bonds. The third-order valence-electron chi connectivity index (χ3n) is 4.35. The molecule has 0 aliphatic carbocycles. The highest BCUT2D eigenvalue weighted by Gasteiger charge is 2.15. The number of benzene rings is 3. The first-order chi connectivity index (χ1) is 14.5. The Labute approximate surface area is 172 Å². The van der Waals surface area contributed by atoms with Crippen LogP contribution in [0.15, 0.2) is 72.8 Å². The Morgan fingerprint density at radius 2 is 1.60 bits per heavy atom. The van der Waals surface area contributed by atoms with Crippen LogP contribution in [0.3, 0.4) is 0 Å². The largest absolute Gasteiger partial charge is 0.495 e. The Balaban J connectivity index is 1.65. The van der Waals surface area contributed by atoms with Crippen LogP contribution < -0.4 is 15.4 Å². The van der Waals surface area contributed by atoms with E-state index in [0.717, 1.165) is 5.56 Å². The fraction of sp³-hybridized carbons (Fsp3) is 0.0909. The fourth-order valence-corrected chi connectivity index (χ4v) is 2.75. The van der Waals surface area contributed by atoms with Crippen molar-refractivity contribution in [2.75, 3.05) is 12.4 Å². The van der Waals surface area contributed by atoms with Crippen molar-refractivity contribution in [1.29, 1.82) is 0 Å². The lowest BCUT2D eigenvalue weighted by Crippen LogP contribution is -2.22. The quantitative estimate of drug-likeness (QED) is 0.459. The lowest BCUT2D eigenvalue weighted by Gasteiger charge is -2.10. The van der Waals surface area contributed by atoms with Gasteiger partial charge in [0.2, 0.25) is 0 Å². The van der Waals surface area contributed by atoms with Gasteiger partial charge in [-0.15, -0.1) is 0 Å². The summed E-state index contributed by atoms with van der Waals surface area (Å²) in [5.74, 6) is -0.307. The maximum Gasteiger partial charge on any atom is 0.271 e. The number of nitro benzene ring substituents is 1. The number of carbonyl (C=O) groups is 2. The Bertz CT molecular complexity index is 1070. The van der Waals surface area contributed by atoms with Crippen molar-refractivity contribution in [3.63, 3.8) is 0 Å². The first-order valence-electron chi connectivity index (χ1n) is 9.04. The maximum atomic E-state index is 12.5. The van der Waals surface area contributed by atoms with Crippen LogP contribution in [0.4, 0.5) is 11.4 Å². The minimum absolute atomic E-state index is 0.157. The average Bonchev–Trinajstić information content (AvgIpc) is 2.78. The Hall–Kier alpha value is -4.20. The number of ether oxygens (including phenoxy) is 1. The van der Waals surface area contributed by atoms with E-state index in [9.17, 15) is 19.7 Å². The van der Waals surface area contributed by atoms with Crippen LogP contribution >= 0.6 is 0 Å². The van der Waals surface area contributed by atoms with Crippen molar-refractivity contribution in [2.45, 2.75) is 6.54 Å². The molecule has 0 aliphatic heterocycles. The summed E-state index contributed by atoms with van der Waals surface area (Å²) in [5.41, 5.74) is 1.80. The molecule has 8 nitrogen and oxygen atoms in total. The molecule has 0 atom stereocenters. The first-order valence-corrected chi connectivity index (χ1v) is 9.04. The van der Waals surface area contributed by atoms with E-state index in [-0.39, 0.29) is 17.3 Å². The third kappa shape index (κ3) is 4.99. The minimum atomic E-state index is -0.548. The SMILES string of the molecule is COc1ccc([N+](=O)[O-])cc1NC(=O)c1ccc(CNC(=O)c2ccccc2)cc1. The Kier molecular flexibility index (Phi) is 6.39. The van der Waals surface area contributed by atoms with E-state index in [0.29, 0.717) is 23.4 Å². The highest BCUT2D eigenvalue weighted by molar-refractivity contribution is 6.05. The van der Waals surface area contributed by atoms with E-state index in [1.165, 1.54) is 25.3 Å². The summed E-state index contributed by atoms with van der Waals surface area (Å²) in [7, 11) is 1.41. The number of methoxy groups -OCH3 is 1. The van der Waals surface area contributed by atoms with Crippen molar-refractivity contribution >= 4 is 23.2 Å². The van der Waals surface area contributed by atoms with Crippen molar-refractivity contribution in [2.24, 2.45) is 0 Å². The van der Waals surface area contributed by atoms with Gasteiger partial charge < -0.3 is 15.4 Å². The first kappa shape index (κ1) is 20.5. The van der Waals surface area contributed by atoms with Gasteiger partial charge in [0, 0.05) is 29.8 Å². The maximum absolute atomic E-state index is 12.5. The molecule has 0 bridgehead atoms. The van der Waals surface area contributed by atoms with E-state index in [1.807, 2.05) is 6.07 Å². The molecule has 0 aromatic heterocycles. The molecule has 152 valence electrons. The van der Waals surface area contributed by atoms with Gasteiger partial charge in [0.15, 0.2) is 0 Å². The van der Waals surface area contributed by atoms with Crippen LogP contribution in [0, 0.1) is 10.1 Å². The lowest BCUT2D eigenvalue weighted by molar-refractivity contribution is -0.384. The number of rotatable bonds is 7. The van der Waals surface area contributed by atoms with E-state index in [4.69, 9.17) is 4.74 Å². The Morgan fingerprint density at radius 3 is 2.23 bits per heavy atom. The number of nitrogens with one attached hydrogen (secondary N) is 2. The summed E-state index contributed by atoms with van der Waals surface area (Å²) >= 11 is 0. The average molecular weight is 405 g/mol. The monoisotopic (exact) mass is 405 g/mol. The number of hydrogen-bond acceptors (Lipinski definition) is 5. The second kappa shape index (κ2) is 9.33. The topological polar surface area (TPSA) is 111 Å². The second-order valence-corrected chi connectivity index (χ2v) is 6.34. The molecule has 0 saturated carbocycles. The number of nitrogens with zero attached hydrogens (tertiary/aromatic N) is 1. The molecule has 3 rings (SSSR count). The van der Waals surface area contributed by atoms with Crippen LogP contribution in [0.25, 0.3) is 0 Å². The standard InChI is InChI=1S/C22H19N3O5/c1-30-20-12-11-18(25(28)29)13-19(20)24-22(27)17-9-7-15(8-10-17)14-23-21(26)16-5-3-2-4-6-16/h2-13H,14H2,1H3,(H,23,26)(H,24,27).